The summed E-state index contributed by atoms with van der Waals surface area (Å²) in [7, 11) is 0. The summed E-state index contributed by atoms with van der Waals surface area (Å²) in [6.07, 6.45) is 2.16. The van der Waals surface area contributed by atoms with Crippen LogP contribution in [-0.4, -0.2) is 56.7 Å². The Bertz CT molecular complexity index is 192. The summed E-state index contributed by atoms with van der Waals surface area (Å²) >= 11 is 0. The molecule has 0 radical (unpaired) electrons. The van der Waals surface area contributed by atoms with Gasteiger partial charge >= 0.3 is 6.03 Å². The van der Waals surface area contributed by atoms with Crippen LogP contribution in [0.5, 0.6) is 0 Å². The third-order valence-corrected chi connectivity index (χ3v) is 2.74. The molecule has 0 aromatic heterocycles. The lowest BCUT2D eigenvalue weighted by Gasteiger charge is -2.27. The lowest BCUT2D eigenvalue weighted by molar-refractivity contribution is 0.227. The van der Waals surface area contributed by atoms with Crippen LogP contribution in [0.15, 0.2) is 0 Å². The van der Waals surface area contributed by atoms with E-state index < -0.39 is 0 Å². The Kier molecular flexibility index (Phi) is 6.92. The first-order valence-electron chi connectivity index (χ1n) is 6.27. The van der Waals surface area contributed by atoms with Crippen molar-refractivity contribution in [1.29, 1.82) is 0 Å². The quantitative estimate of drug-likeness (QED) is 0.561. The number of piperazine rings is 1. The van der Waals surface area contributed by atoms with Gasteiger partial charge in [0.1, 0.15) is 0 Å². The number of nitrogens with zero attached hydrogens (tertiary/aromatic N) is 1. The second-order valence-corrected chi connectivity index (χ2v) is 4.13. The molecule has 0 bridgehead atoms. The fourth-order valence-electron chi connectivity index (χ4n) is 1.70. The molecular formula is C11H24N4O. The Morgan fingerprint density at radius 1 is 1.25 bits per heavy atom. The van der Waals surface area contributed by atoms with Gasteiger partial charge in [0.2, 0.25) is 0 Å². The van der Waals surface area contributed by atoms with E-state index in [1.807, 2.05) is 0 Å². The Balaban J connectivity index is 1.94. The van der Waals surface area contributed by atoms with E-state index in [9.17, 15) is 4.79 Å². The van der Waals surface area contributed by atoms with Gasteiger partial charge in [0.15, 0.2) is 0 Å². The van der Waals surface area contributed by atoms with Gasteiger partial charge in [0.05, 0.1) is 0 Å². The minimum absolute atomic E-state index is 0.0383. The van der Waals surface area contributed by atoms with Crippen molar-refractivity contribution < 1.29 is 4.79 Å². The minimum Gasteiger partial charge on any atom is -0.338 e. The van der Waals surface area contributed by atoms with E-state index in [0.29, 0.717) is 0 Å². The summed E-state index contributed by atoms with van der Waals surface area (Å²) in [5.41, 5.74) is 0. The van der Waals surface area contributed by atoms with Gasteiger partial charge in [0, 0.05) is 45.8 Å². The summed E-state index contributed by atoms with van der Waals surface area (Å²) in [6, 6.07) is -0.0383. The van der Waals surface area contributed by atoms with Gasteiger partial charge in [-0.25, -0.2) is 4.79 Å². The number of rotatable bonds is 6. The molecular weight excluding hydrogens is 204 g/mol. The maximum Gasteiger partial charge on any atom is 0.314 e. The third-order valence-electron chi connectivity index (χ3n) is 2.74. The highest BCUT2D eigenvalue weighted by molar-refractivity contribution is 5.73. The van der Waals surface area contributed by atoms with Crippen LogP contribution in [-0.2, 0) is 0 Å². The van der Waals surface area contributed by atoms with Gasteiger partial charge in [-0.1, -0.05) is 13.3 Å². The molecule has 2 amide bonds. The van der Waals surface area contributed by atoms with E-state index >= 15 is 0 Å². The molecule has 1 aliphatic heterocycles. The largest absolute Gasteiger partial charge is 0.338 e. The molecule has 1 saturated heterocycles. The average molecular weight is 228 g/mol. The molecule has 3 N–H and O–H groups in total. The van der Waals surface area contributed by atoms with Crippen molar-refractivity contribution in [2.75, 3.05) is 45.8 Å². The van der Waals surface area contributed by atoms with Crippen molar-refractivity contribution in [1.82, 2.24) is 20.9 Å². The third kappa shape index (κ3) is 5.92. The van der Waals surface area contributed by atoms with Gasteiger partial charge in [-0.3, -0.25) is 4.90 Å². The van der Waals surface area contributed by atoms with Gasteiger partial charge in [-0.05, 0) is 6.42 Å². The first-order chi connectivity index (χ1) is 7.83. The molecule has 94 valence electrons. The van der Waals surface area contributed by atoms with Crippen LogP contribution in [0.3, 0.4) is 0 Å². The molecule has 1 aliphatic rings. The van der Waals surface area contributed by atoms with Crippen LogP contribution < -0.4 is 16.0 Å². The van der Waals surface area contributed by atoms with E-state index in [4.69, 9.17) is 0 Å². The SMILES string of the molecule is CCCCNC(=O)NCCN1CCNCC1. The van der Waals surface area contributed by atoms with Gasteiger partial charge < -0.3 is 16.0 Å². The standard InChI is InChI=1S/C11H24N4O/c1-2-3-4-13-11(16)14-7-10-15-8-5-12-6-9-15/h12H,2-10H2,1H3,(H2,13,14,16). The minimum atomic E-state index is -0.0383. The molecule has 0 saturated carbocycles. The normalized spacial score (nSPS) is 17.1. The number of hydrogen-bond acceptors (Lipinski definition) is 3. The van der Waals surface area contributed by atoms with Crippen molar-refractivity contribution in [3.8, 4) is 0 Å². The van der Waals surface area contributed by atoms with E-state index in [0.717, 1.165) is 58.7 Å². The van der Waals surface area contributed by atoms with E-state index in [-0.39, 0.29) is 6.03 Å². The van der Waals surface area contributed by atoms with Crippen molar-refractivity contribution in [3.05, 3.63) is 0 Å². The predicted octanol–water partition coefficient (Wildman–Crippen LogP) is -0.00910. The predicted molar refractivity (Wildman–Crippen MR) is 65.6 cm³/mol. The molecule has 1 fully saturated rings. The molecule has 5 nitrogen and oxygen atoms in total. The number of nitrogens with one attached hydrogen (secondary N) is 3. The Morgan fingerprint density at radius 2 is 1.94 bits per heavy atom. The first-order valence-corrected chi connectivity index (χ1v) is 6.27. The summed E-state index contributed by atoms with van der Waals surface area (Å²) < 4.78 is 0. The fourth-order valence-corrected chi connectivity index (χ4v) is 1.70. The second-order valence-electron chi connectivity index (χ2n) is 4.13. The highest BCUT2D eigenvalue weighted by atomic mass is 16.2. The smallest absolute Gasteiger partial charge is 0.314 e. The molecule has 0 aromatic carbocycles. The number of urea groups is 1. The van der Waals surface area contributed by atoms with Gasteiger partial charge in [0.25, 0.3) is 0 Å². The molecule has 1 heterocycles. The Labute approximate surface area is 98.0 Å². The first kappa shape index (κ1) is 13.3. The lowest BCUT2D eigenvalue weighted by Crippen LogP contribution is -2.47. The maximum atomic E-state index is 11.3. The summed E-state index contributed by atoms with van der Waals surface area (Å²) in [5.74, 6) is 0. The van der Waals surface area contributed by atoms with Crippen LogP contribution >= 0.6 is 0 Å². The second kappa shape index (κ2) is 8.35. The number of amides is 2. The molecule has 5 heteroatoms. The molecule has 0 aliphatic carbocycles. The lowest BCUT2D eigenvalue weighted by atomic mass is 10.3. The van der Waals surface area contributed by atoms with E-state index in [1.165, 1.54) is 0 Å². The Hall–Kier alpha value is -0.810. The zero-order chi connectivity index (χ0) is 11.6. The highest BCUT2D eigenvalue weighted by Gasteiger charge is 2.08. The maximum absolute atomic E-state index is 11.3. The van der Waals surface area contributed by atoms with E-state index in [2.05, 4.69) is 27.8 Å². The Morgan fingerprint density at radius 3 is 2.62 bits per heavy atom. The zero-order valence-corrected chi connectivity index (χ0v) is 10.2. The highest BCUT2D eigenvalue weighted by Crippen LogP contribution is 1.89. The van der Waals surface area contributed by atoms with Crippen LogP contribution in [0.4, 0.5) is 4.79 Å². The summed E-state index contributed by atoms with van der Waals surface area (Å²) in [6.45, 7) is 8.85. The van der Waals surface area contributed by atoms with Crippen molar-refractivity contribution in [2.45, 2.75) is 19.8 Å². The number of carbonyl (C=O) groups excluding carboxylic acids is 1. The van der Waals surface area contributed by atoms with Gasteiger partial charge in [-0.2, -0.15) is 0 Å². The van der Waals surface area contributed by atoms with Crippen molar-refractivity contribution >= 4 is 6.03 Å². The number of unbranched alkanes of at least 4 members (excludes halogenated alkanes) is 1. The molecule has 0 spiro atoms. The summed E-state index contributed by atoms with van der Waals surface area (Å²) in [5, 5.41) is 9.02. The van der Waals surface area contributed by atoms with Crippen LogP contribution in [0, 0.1) is 0 Å². The average Bonchev–Trinajstić information content (AvgIpc) is 2.31. The van der Waals surface area contributed by atoms with E-state index in [1.54, 1.807) is 0 Å². The molecule has 1 rings (SSSR count). The van der Waals surface area contributed by atoms with Crippen molar-refractivity contribution in [3.63, 3.8) is 0 Å². The van der Waals surface area contributed by atoms with Crippen LogP contribution in [0.25, 0.3) is 0 Å². The molecule has 0 aromatic rings. The topological polar surface area (TPSA) is 56.4 Å². The fraction of sp³-hybridized carbons (Fsp3) is 0.909. The monoisotopic (exact) mass is 228 g/mol. The summed E-state index contributed by atoms with van der Waals surface area (Å²) in [4.78, 5) is 13.7. The molecule has 16 heavy (non-hydrogen) atoms. The molecule has 0 atom stereocenters. The van der Waals surface area contributed by atoms with Crippen molar-refractivity contribution in [2.24, 2.45) is 0 Å². The van der Waals surface area contributed by atoms with Crippen LogP contribution in [0.2, 0.25) is 0 Å². The number of hydrogen-bond donors (Lipinski definition) is 3. The molecule has 0 unspecified atom stereocenters. The van der Waals surface area contributed by atoms with Crippen LogP contribution in [0.1, 0.15) is 19.8 Å². The van der Waals surface area contributed by atoms with Gasteiger partial charge in [-0.15, -0.1) is 0 Å². The zero-order valence-electron chi connectivity index (χ0n) is 10.2. The number of carbonyl (C=O) groups is 1.